The van der Waals surface area contributed by atoms with Crippen molar-refractivity contribution >= 4 is 11.3 Å². The van der Waals surface area contributed by atoms with E-state index in [9.17, 15) is 0 Å². The maximum absolute atomic E-state index is 4.23. The molecular weight excluding hydrogens is 378 g/mol. The average Bonchev–Trinajstić information content (AvgIpc) is 3.42. The number of rotatable bonds is 8. The Balaban J connectivity index is 1.55. The van der Waals surface area contributed by atoms with Gasteiger partial charge in [0, 0.05) is 4.88 Å². The highest BCUT2D eigenvalue weighted by Gasteiger charge is 2.17. The quantitative estimate of drug-likeness (QED) is 0.459. The Morgan fingerprint density at radius 1 is 0.966 bits per heavy atom. The van der Waals surface area contributed by atoms with E-state index in [-0.39, 0.29) is 6.04 Å². The highest BCUT2D eigenvalue weighted by atomic mass is 32.1. The number of nitrogens with zero attached hydrogens (tertiary/aromatic N) is 4. The smallest absolute Gasteiger partial charge is 0.170 e. The SMILES string of the molecule is CC(C)Cc1ccc(C(NCc2nnnn2-c2ccccc2)c2cccs2)cc1. The summed E-state index contributed by atoms with van der Waals surface area (Å²) in [6.45, 7) is 5.07. The van der Waals surface area contributed by atoms with E-state index in [2.05, 4.69) is 76.5 Å². The molecule has 0 bridgehead atoms. The van der Waals surface area contributed by atoms with Gasteiger partial charge in [-0.05, 0) is 57.5 Å². The van der Waals surface area contributed by atoms with Crippen LogP contribution in [0.3, 0.4) is 0 Å². The molecule has 2 heterocycles. The molecule has 0 aliphatic carbocycles. The first-order valence-corrected chi connectivity index (χ1v) is 10.8. The van der Waals surface area contributed by atoms with Gasteiger partial charge in [0.05, 0.1) is 18.3 Å². The highest BCUT2D eigenvalue weighted by molar-refractivity contribution is 7.10. The van der Waals surface area contributed by atoms with Gasteiger partial charge in [0.25, 0.3) is 0 Å². The zero-order chi connectivity index (χ0) is 20.1. The molecular formula is C23H25N5S. The molecule has 4 rings (SSSR count). The molecule has 6 heteroatoms. The van der Waals surface area contributed by atoms with Crippen LogP contribution in [0.1, 0.15) is 41.7 Å². The summed E-state index contributed by atoms with van der Waals surface area (Å²) in [5, 5.41) is 18.0. The summed E-state index contributed by atoms with van der Waals surface area (Å²) in [6, 6.07) is 23.3. The number of tetrazole rings is 1. The van der Waals surface area contributed by atoms with Crippen molar-refractivity contribution in [3.63, 3.8) is 0 Å². The third kappa shape index (κ3) is 4.78. The molecule has 0 aliphatic rings. The maximum Gasteiger partial charge on any atom is 0.170 e. The zero-order valence-electron chi connectivity index (χ0n) is 16.7. The molecule has 0 aliphatic heterocycles. The van der Waals surface area contributed by atoms with E-state index in [1.165, 1.54) is 16.0 Å². The minimum absolute atomic E-state index is 0.101. The van der Waals surface area contributed by atoms with E-state index >= 15 is 0 Å². The van der Waals surface area contributed by atoms with Gasteiger partial charge in [0.15, 0.2) is 5.82 Å². The van der Waals surface area contributed by atoms with Gasteiger partial charge < -0.3 is 0 Å². The summed E-state index contributed by atoms with van der Waals surface area (Å²) in [5.41, 5.74) is 3.58. The lowest BCUT2D eigenvalue weighted by Gasteiger charge is -2.18. The lowest BCUT2D eigenvalue weighted by molar-refractivity contribution is 0.582. The van der Waals surface area contributed by atoms with Crippen LogP contribution < -0.4 is 5.32 Å². The predicted molar refractivity (Wildman–Crippen MR) is 117 cm³/mol. The fraction of sp³-hybridized carbons (Fsp3) is 0.261. The largest absolute Gasteiger partial charge is 0.298 e. The first kappa shape index (κ1) is 19.5. The van der Waals surface area contributed by atoms with E-state index in [1.807, 2.05) is 30.3 Å². The number of benzene rings is 2. The van der Waals surface area contributed by atoms with Gasteiger partial charge in [-0.15, -0.1) is 16.4 Å². The fourth-order valence-corrected chi connectivity index (χ4v) is 4.26. The van der Waals surface area contributed by atoms with Gasteiger partial charge in [0.1, 0.15) is 0 Å². The monoisotopic (exact) mass is 403 g/mol. The average molecular weight is 404 g/mol. The van der Waals surface area contributed by atoms with Gasteiger partial charge in [-0.1, -0.05) is 62.4 Å². The Kier molecular flexibility index (Phi) is 6.12. The Morgan fingerprint density at radius 2 is 1.76 bits per heavy atom. The summed E-state index contributed by atoms with van der Waals surface area (Å²) in [4.78, 5) is 1.28. The van der Waals surface area contributed by atoms with Crippen LogP contribution in [0.5, 0.6) is 0 Å². The molecule has 5 nitrogen and oxygen atoms in total. The topological polar surface area (TPSA) is 55.6 Å². The Morgan fingerprint density at radius 3 is 2.45 bits per heavy atom. The Labute approximate surface area is 175 Å². The van der Waals surface area contributed by atoms with Gasteiger partial charge >= 0.3 is 0 Å². The summed E-state index contributed by atoms with van der Waals surface area (Å²) in [5.74, 6) is 1.44. The van der Waals surface area contributed by atoms with E-state index in [0.29, 0.717) is 12.5 Å². The number of hydrogen-bond donors (Lipinski definition) is 1. The lowest BCUT2D eigenvalue weighted by atomic mass is 9.99. The second kappa shape index (κ2) is 9.11. The van der Waals surface area contributed by atoms with E-state index < -0.39 is 0 Å². The highest BCUT2D eigenvalue weighted by Crippen LogP contribution is 2.27. The summed E-state index contributed by atoms with van der Waals surface area (Å²) in [6.07, 6.45) is 1.10. The summed E-state index contributed by atoms with van der Waals surface area (Å²) < 4.78 is 1.78. The molecule has 4 aromatic rings. The second-order valence-corrected chi connectivity index (χ2v) is 8.49. The van der Waals surface area contributed by atoms with Gasteiger partial charge in [-0.3, -0.25) is 5.32 Å². The van der Waals surface area contributed by atoms with Gasteiger partial charge in [0.2, 0.25) is 0 Å². The van der Waals surface area contributed by atoms with Crippen molar-refractivity contribution < 1.29 is 0 Å². The number of nitrogens with one attached hydrogen (secondary N) is 1. The van der Waals surface area contributed by atoms with Crippen LogP contribution in [0.4, 0.5) is 0 Å². The first-order chi connectivity index (χ1) is 14.2. The first-order valence-electron chi connectivity index (χ1n) is 9.89. The molecule has 1 unspecified atom stereocenters. The molecule has 0 radical (unpaired) electrons. The van der Waals surface area contributed by atoms with Gasteiger partial charge in [-0.25, -0.2) is 0 Å². The van der Waals surface area contributed by atoms with Crippen molar-refractivity contribution in [2.45, 2.75) is 32.9 Å². The van der Waals surface area contributed by atoms with Crippen LogP contribution in [0.2, 0.25) is 0 Å². The molecule has 0 saturated carbocycles. The van der Waals surface area contributed by atoms with Crippen LogP contribution in [-0.4, -0.2) is 20.2 Å². The summed E-state index contributed by atoms with van der Waals surface area (Å²) in [7, 11) is 0. The van der Waals surface area contributed by atoms with Crippen molar-refractivity contribution in [3.8, 4) is 5.69 Å². The second-order valence-electron chi connectivity index (χ2n) is 7.51. The Bertz CT molecular complexity index is 1010. The van der Waals surface area contributed by atoms with Crippen LogP contribution in [0, 0.1) is 5.92 Å². The van der Waals surface area contributed by atoms with Crippen LogP contribution in [0.15, 0.2) is 72.1 Å². The third-order valence-corrected chi connectivity index (χ3v) is 5.72. The molecule has 1 atom stereocenters. The maximum atomic E-state index is 4.23. The van der Waals surface area contributed by atoms with Crippen LogP contribution in [-0.2, 0) is 13.0 Å². The fourth-order valence-electron chi connectivity index (χ4n) is 3.43. The molecule has 0 saturated heterocycles. The predicted octanol–water partition coefficient (Wildman–Crippen LogP) is 4.80. The molecule has 0 fully saturated rings. The van der Waals surface area contributed by atoms with Crippen LogP contribution >= 0.6 is 11.3 Å². The Hall–Kier alpha value is -2.83. The van der Waals surface area contributed by atoms with Crippen molar-refractivity contribution in [1.82, 2.24) is 25.5 Å². The molecule has 2 aromatic heterocycles. The molecule has 0 spiro atoms. The van der Waals surface area contributed by atoms with Crippen LogP contribution in [0.25, 0.3) is 5.69 Å². The number of thiophene rings is 1. The van der Waals surface area contributed by atoms with E-state index in [4.69, 9.17) is 0 Å². The third-order valence-electron chi connectivity index (χ3n) is 4.78. The van der Waals surface area contributed by atoms with Crippen molar-refractivity contribution in [3.05, 3.63) is 93.9 Å². The standard InChI is InChI=1S/C23H25N5S/c1-17(2)15-18-10-12-19(13-11-18)23(21-9-6-14-29-21)24-16-22-25-26-27-28(22)20-7-4-3-5-8-20/h3-14,17,23-24H,15-16H2,1-2H3. The molecule has 2 aromatic carbocycles. The minimum Gasteiger partial charge on any atom is -0.298 e. The van der Waals surface area contributed by atoms with E-state index in [1.54, 1.807) is 16.0 Å². The molecule has 1 N–H and O–H groups in total. The van der Waals surface area contributed by atoms with Crippen molar-refractivity contribution in [1.29, 1.82) is 0 Å². The summed E-state index contributed by atoms with van der Waals surface area (Å²) >= 11 is 1.76. The zero-order valence-corrected chi connectivity index (χ0v) is 17.5. The minimum atomic E-state index is 0.101. The van der Waals surface area contributed by atoms with Gasteiger partial charge in [-0.2, -0.15) is 4.68 Å². The molecule has 0 amide bonds. The van der Waals surface area contributed by atoms with Crippen molar-refractivity contribution in [2.24, 2.45) is 5.92 Å². The lowest BCUT2D eigenvalue weighted by Crippen LogP contribution is -2.23. The molecule has 29 heavy (non-hydrogen) atoms. The van der Waals surface area contributed by atoms with E-state index in [0.717, 1.165) is 17.9 Å². The molecule has 148 valence electrons. The number of hydrogen-bond acceptors (Lipinski definition) is 5. The number of para-hydroxylation sites is 1. The number of aromatic nitrogens is 4. The van der Waals surface area contributed by atoms with Crippen molar-refractivity contribution in [2.75, 3.05) is 0 Å². The normalized spacial score (nSPS) is 12.4.